The van der Waals surface area contributed by atoms with E-state index in [1.54, 1.807) is 42.7 Å². The second kappa shape index (κ2) is 7.40. The molecule has 1 amide bonds. The molecule has 7 heteroatoms. The van der Waals surface area contributed by atoms with E-state index in [0.29, 0.717) is 16.9 Å². The molecule has 1 N–H and O–H groups in total. The smallest absolute Gasteiger partial charge is 0.259 e. The van der Waals surface area contributed by atoms with Crippen molar-refractivity contribution in [3.63, 3.8) is 0 Å². The van der Waals surface area contributed by atoms with Crippen molar-refractivity contribution in [1.82, 2.24) is 14.8 Å². The molecule has 138 valence electrons. The van der Waals surface area contributed by atoms with Crippen LogP contribution in [0.3, 0.4) is 0 Å². The molecule has 0 spiro atoms. The molecular weight excluding hydrogens is 362 g/mol. The van der Waals surface area contributed by atoms with Crippen LogP contribution in [0.4, 0.5) is 14.5 Å². The fourth-order valence-electron chi connectivity index (χ4n) is 2.86. The Morgan fingerprint density at radius 3 is 2.50 bits per heavy atom. The Labute approximate surface area is 159 Å². The van der Waals surface area contributed by atoms with Crippen LogP contribution in [0.2, 0.25) is 0 Å². The average Bonchev–Trinajstić information content (AvgIpc) is 3.16. The highest BCUT2D eigenvalue weighted by atomic mass is 19.1. The first-order valence-corrected chi connectivity index (χ1v) is 8.44. The molecule has 0 unspecified atom stereocenters. The Kier molecular flexibility index (Phi) is 4.63. The van der Waals surface area contributed by atoms with Crippen molar-refractivity contribution in [2.75, 3.05) is 5.32 Å². The zero-order valence-corrected chi connectivity index (χ0v) is 14.5. The number of para-hydroxylation sites is 1. The van der Waals surface area contributed by atoms with Gasteiger partial charge in [0, 0.05) is 18.0 Å². The summed E-state index contributed by atoms with van der Waals surface area (Å²) in [7, 11) is 0. The van der Waals surface area contributed by atoms with Crippen LogP contribution in [-0.4, -0.2) is 20.7 Å². The van der Waals surface area contributed by atoms with Gasteiger partial charge in [-0.25, -0.2) is 13.5 Å². The molecule has 0 radical (unpaired) electrons. The third-order valence-electron chi connectivity index (χ3n) is 4.14. The first kappa shape index (κ1) is 17.5. The molecule has 0 aliphatic heterocycles. The van der Waals surface area contributed by atoms with Gasteiger partial charge < -0.3 is 5.32 Å². The summed E-state index contributed by atoms with van der Waals surface area (Å²) in [6.07, 6.45) is 4.53. The third kappa shape index (κ3) is 3.37. The second-order valence-electron chi connectivity index (χ2n) is 5.97. The van der Waals surface area contributed by atoms with E-state index in [-0.39, 0.29) is 11.3 Å². The highest BCUT2D eigenvalue weighted by Crippen LogP contribution is 2.27. The molecule has 0 bridgehead atoms. The molecule has 2 aromatic heterocycles. The van der Waals surface area contributed by atoms with Gasteiger partial charge in [0.1, 0.15) is 11.6 Å². The van der Waals surface area contributed by atoms with Gasteiger partial charge in [0.25, 0.3) is 5.91 Å². The van der Waals surface area contributed by atoms with Gasteiger partial charge in [0.05, 0.1) is 28.8 Å². The number of rotatable bonds is 4. The number of aromatic nitrogens is 3. The maximum atomic E-state index is 13.9. The van der Waals surface area contributed by atoms with Crippen LogP contribution < -0.4 is 5.32 Å². The molecule has 0 atom stereocenters. The van der Waals surface area contributed by atoms with Crippen molar-refractivity contribution in [3.8, 4) is 16.9 Å². The monoisotopic (exact) mass is 376 g/mol. The van der Waals surface area contributed by atoms with Crippen LogP contribution >= 0.6 is 0 Å². The van der Waals surface area contributed by atoms with Gasteiger partial charge in [-0.3, -0.25) is 9.78 Å². The number of halogens is 2. The normalized spacial score (nSPS) is 10.6. The fraction of sp³-hybridized carbons (Fsp3) is 0. The van der Waals surface area contributed by atoms with Crippen molar-refractivity contribution in [1.29, 1.82) is 0 Å². The maximum Gasteiger partial charge on any atom is 0.259 e. The molecule has 2 heterocycles. The molecule has 0 saturated heterocycles. The lowest BCUT2D eigenvalue weighted by Crippen LogP contribution is -2.14. The van der Waals surface area contributed by atoms with Crippen LogP contribution in [0.1, 0.15) is 10.4 Å². The van der Waals surface area contributed by atoms with E-state index >= 15 is 0 Å². The number of carbonyl (C=O) groups is 1. The van der Waals surface area contributed by atoms with E-state index < -0.39 is 17.5 Å². The average molecular weight is 376 g/mol. The quantitative estimate of drug-likeness (QED) is 0.572. The van der Waals surface area contributed by atoms with E-state index in [2.05, 4.69) is 15.4 Å². The van der Waals surface area contributed by atoms with Crippen LogP contribution in [0.25, 0.3) is 16.9 Å². The zero-order chi connectivity index (χ0) is 19.5. The molecule has 0 fully saturated rings. The lowest BCUT2D eigenvalue weighted by molar-refractivity contribution is 0.102. The number of pyridine rings is 1. The number of nitrogens with one attached hydrogen (secondary N) is 1. The highest BCUT2D eigenvalue weighted by molar-refractivity contribution is 6.08. The Balaban J connectivity index is 1.82. The highest BCUT2D eigenvalue weighted by Gasteiger charge is 2.21. The molecule has 28 heavy (non-hydrogen) atoms. The van der Waals surface area contributed by atoms with Crippen LogP contribution in [0.5, 0.6) is 0 Å². The standard InChI is InChI=1S/C21H14F2N4O/c22-15-4-3-5-16(12-15)27-20(14-8-10-24-11-9-14)17(13-25-27)21(28)26-19-7-2-1-6-18(19)23/h1-13H,(H,26,28). The molecule has 4 aromatic rings. The van der Waals surface area contributed by atoms with E-state index in [9.17, 15) is 13.6 Å². The van der Waals surface area contributed by atoms with Gasteiger partial charge >= 0.3 is 0 Å². The van der Waals surface area contributed by atoms with Gasteiger partial charge in [0.15, 0.2) is 0 Å². The number of nitrogens with zero attached hydrogens (tertiary/aromatic N) is 3. The largest absolute Gasteiger partial charge is 0.319 e. The molecule has 5 nitrogen and oxygen atoms in total. The maximum absolute atomic E-state index is 13.9. The second-order valence-corrected chi connectivity index (χ2v) is 5.97. The van der Waals surface area contributed by atoms with Crippen molar-refractivity contribution in [2.45, 2.75) is 0 Å². The van der Waals surface area contributed by atoms with E-state index in [4.69, 9.17) is 0 Å². The summed E-state index contributed by atoms with van der Waals surface area (Å²) in [5.41, 5.74) is 1.85. The number of anilines is 1. The zero-order valence-electron chi connectivity index (χ0n) is 14.5. The summed E-state index contributed by atoms with van der Waals surface area (Å²) < 4.78 is 29.1. The van der Waals surface area contributed by atoms with Gasteiger partial charge in [-0.05, 0) is 42.5 Å². The first-order valence-electron chi connectivity index (χ1n) is 8.44. The Bertz CT molecular complexity index is 1140. The minimum atomic E-state index is -0.543. The first-order chi connectivity index (χ1) is 13.6. The Morgan fingerprint density at radius 1 is 0.964 bits per heavy atom. The number of hydrogen-bond donors (Lipinski definition) is 1. The number of carbonyl (C=O) groups excluding carboxylic acids is 1. The molecule has 0 saturated carbocycles. The molecule has 0 aliphatic rings. The predicted octanol–water partition coefficient (Wildman–Crippen LogP) is 4.46. The summed E-state index contributed by atoms with van der Waals surface area (Å²) in [5, 5.41) is 6.82. The van der Waals surface area contributed by atoms with E-state index in [1.165, 1.54) is 41.2 Å². The predicted molar refractivity (Wildman–Crippen MR) is 101 cm³/mol. The number of hydrogen-bond acceptors (Lipinski definition) is 3. The van der Waals surface area contributed by atoms with Crippen molar-refractivity contribution >= 4 is 11.6 Å². The number of benzene rings is 2. The Morgan fingerprint density at radius 2 is 1.75 bits per heavy atom. The van der Waals surface area contributed by atoms with Crippen LogP contribution in [0.15, 0.2) is 79.3 Å². The topological polar surface area (TPSA) is 59.8 Å². The summed E-state index contributed by atoms with van der Waals surface area (Å²) in [6, 6.07) is 15.2. The van der Waals surface area contributed by atoms with Gasteiger partial charge in [-0.2, -0.15) is 5.10 Å². The Hall–Kier alpha value is -3.87. The third-order valence-corrected chi connectivity index (χ3v) is 4.14. The molecule has 0 aliphatic carbocycles. The van der Waals surface area contributed by atoms with Gasteiger partial charge in [-0.1, -0.05) is 18.2 Å². The summed E-state index contributed by atoms with van der Waals surface area (Å²) in [5.74, 6) is -1.50. The molecule has 4 rings (SSSR count). The fourth-order valence-corrected chi connectivity index (χ4v) is 2.86. The van der Waals surface area contributed by atoms with Crippen LogP contribution in [0, 0.1) is 11.6 Å². The minimum absolute atomic E-state index is 0.0617. The summed E-state index contributed by atoms with van der Waals surface area (Å²) in [4.78, 5) is 16.8. The lowest BCUT2D eigenvalue weighted by atomic mass is 10.1. The summed E-state index contributed by atoms with van der Waals surface area (Å²) in [6.45, 7) is 0. The van der Waals surface area contributed by atoms with E-state index in [1.807, 2.05) is 0 Å². The summed E-state index contributed by atoms with van der Waals surface area (Å²) >= 11 is 0. The molecule has 2 aromatic carbocycles. The lowest BCUT2D eigenvalue weighted by Gasteiger charge is -2.11. The van der Waals surface area contributed by atoms with Crippen LogP contribution in [-0.2, 0) is 0 Å². The number of amides is 1. The van der Waals surface area contributed by atoms with Gasteiger partial charge in [0.2, 0.25) is 0 Å². The van der Waals surface area contributed by atoms with Crippen molar-refractivity contribution < 1.29 is 13.6 Å². The van der Waals surface area contributed by atoms with E-state index in [0.717, 1.165) is 0 Å². The van der Waals surface area contributed by atoms with Gasteiger partial charge in [-0.15, -0.1) is 0 Å². The minimum Gasteiger partial charge on any atom is -0.319 e. The van der Waals surface area contributed by atoms with Crippen molar-refractivity contribution in [2.24, 2.45) is 0 Å². The molecular formula is C21H14F2N4O. The SMILES string of the molecule is O=C(Nc1ccccc1F)c1cnn(-c2cccc(F)c2)c1-c1ccncc1. The van der Waals surface area contributed by atoms with Crippen molar-refractivity contribution in [3.05, 3.63) is 96.5 Å².